The van der Waals surface area contributed by atoms with Crippen LogP contribution >= 0.6 is 0 Å². The molecule has 1 N–H and O–H groups in total. The summed E-state index contributed by atoms with van der Waals surface area (Å²) in [6.07, 6.45) is 1.18. The number of para-hydroxylation sites is 1. The number of rotatable bonds is 7. The monoisotopic (exact) mass is 311 g/mol. The Morgan fingerprint density at radius 2 is 1.87 bits per heavy atom. The molecule has 0 saturated carbocycles. The Morgan fingerprint density at radius 1 is 1.13 bits per heavy atom. The fourth-order valence-electron chi connectivity index (χ4n) is 2.64. The molecule has 1 amide bonds. The van der Waals surface area contributed by atoms with E-state index < -0.39 is 0 Å². The van der Waals surface area contributed by atoms with Crippen molar-refractivity contribution in [2.75, 3.05) is 6.61 Å². The number of carbonyl (C=O) groups excluding carboxylic acids is 1. The van der Waals surface area contributed by atoms with Crippen LogP contribution in [0.25, 0.3) is 0 Å². The Balaban J connectivity index is 1.74. The topological polar surface area (TPSA) is 38.3 Å². The van der Waals surface area contributed by atoms with E-state index in [0.29, 0.717) is 19.4 Å². The number of aryl methyl sites for hydroxylation is 2. The van der Waals surface area contributed by atoms with Crippen LogP contribution in [0.3, 0.4) is 0 Å². The van der Waals surface area contributed by atoms with Crippen molar-refractivity contribution in [1.29, 1.82) is 0 Å². The molecule has 122 valence electrons. The van der Waals surface area contributed by atoms with Crippen LogP contribution in [-0.2, 0) is 4.79 Å². The smallest absolute Gasteiger partial charge is 0.220 e. The first kappa shape index (κ1) is 17.1. The molecule has 2 rings (SSSR count). The Morgan fingerprint density at radius 3 is 2.57 bits per heavy atom. The van der Waals surface area contributed by atoms with Gasteiger partial charge in [0.2, 0.25) is 5.91 Å². The van der Waals surface area contributed by atoms with Gasteiger partial charge < -0.3 is 10.1 Å². The van der Waals surface area contributed by atoms with E-state index in [-0.39, 0.29) is 11.9 Å². The summed E-state index contributed by atoms with van der Waals surface area (Å²) in [5, 5.41) is 3.06. The highest BCUT2D eigenvalue weighted by Gasteiger charge is 2.11. The van der Waals surface area contributed by atoms with Crippen molar-refractivity contribution >= 4 is 5.91 Å². The van der Waals surface area contributed by atoms with Gasteiger partial charge in [0.05, 0.1) is 12.6 Å². The zero-order valence-corrected chi connectivity index (χ0v) is 14.1. The lowest BCUT2D eigenvalue weighted by molar-refractivity contribution is -0.121. The molecule has 0 saturated heterocycles. The second-order valence-corrected chi connectivity index (χ2v) is 5.91. The maximum absolute atomic E-state index is 12.0. The molecule has 23 heavy (non-hydrogen) atoms. The average molecular weight is 311 g/mol. The predicted octanol–water partition coefficient (Wildman–Crippen LogP) is 4.34. The highest BCUT2D eigenvalue weighted by Crippen LogP contribution is 2.18. The van der Waals surface area contributed by atoms with Gasteiger partial charge in [0.1, 0.15) is 5.75 Å². The van der Waals surface area contributed by atoms with E-state index in [4.69, 9.17) is 4.74 Å². The van der Waals surface area contributed by atoms with Crippen LogP contribution in [0.15, 0.2) is 48.5 Å². The van der Waals surface area contributed by atoms with E-state index in [9.17, 15) is 4.79 Å². The maximum Gasteiger partial charge on any atom is 0.220 e. The van der Waals surface area contributed by atoms with Crippen molar-refractivity contribution in [3.05, 3.63) is 65.2 Å². The summed E-state index contributed by atoms with van der Waals surface area (Å²) in [7, 11) is 0. The van der Waals surface area contributed by atoms with Gasteiger partial charge in [0.25, 0.3) is 0 Å². The molecule has 0 aliphatic carbocycles. The van der Waals surface area contributed by atoms with Crippen molar-refractivity contribution < 1.29 is 9.53 Å². The Hall–Kier alpha value is -2.29. The van der Waals surface area contributed by atoms with E-state index in [1.54, 1.807) is 0 Å². The fourth-order valence-corrected chi connectivity index (χ4v) is 2.64. The number of hydrogen-bond donors (Lipinski definition) is 1. The van der Waals surface area contributed by atoms with Crippen LogP contribution in [0.5, 0.6) is 5.75 Å². The molecule has 3 nitrogen and oxygen atoms in total. The fraction of sp³-hybridized carbons (Fsp3) is 0.350. The van der Waals surface area contributed by atoms with Gasteiger partial charge in [-0.15, -0.1) is 0 Å². The molecular weight excluding hydrogens is 286 g/mol. The van der Waals surface area contributed by atoms with Crippen molar-refractivity contribution in [2.45, 2.75) is 39.7 Å². The second-order valence-electron chi connectivity index (χ2n) is 5.91. The standard InChI is InChI=1S/C20H25NO2/c1-15-11-12-19(16(2)14-15)17(3)21-20(22)10-7-13-23-18-8-5-4-6-9-18/h4-6,8-9,11-12,14,17H,7,10,13H2,1-3H3,(H,21,22). The SMILES string of the molecule is Cc1ccc(C(C)NC(=O)CCCOc2ccccc2)c(C)c1. The lowest BCUT2D eigenvalue weighted by Crippen LogP contribution is -2.27. The van der Waals surface area contributed by atoms with Gasteiger partial charge in [-0.2, -0.15) is 0 Å². The minimum atomic E-state index is 0.0261. The first-order valence-corrected chi connectivity index (χ1v) is 8.10. The first-order valence-electron chi connectivity index (χ1n) is 8.10. The summed E-state index contributed by atoms with van der Waals surface area (Å²) >= 11 is 0. The summed E-state index contributed by atoms with van der Waals surface area (Å²) in [6.45, 7) is 6.73. The summed E-state index contributed by atoms with van der Waals surface area (Å²) in [5.41, 5.74) is 3.62. The summed E-state index contributed by atoms with van der Waals surface area (Å²) < 4.78 is 5.60. The zero-order chi connectivity index (χ0) is 16.7. The van der Waals surface area contributed by atoms with Crippen LogP contribution in [0.4, 0.5) is 0 Å². The second kappa shape index (κ2) is 8.37. The summed E-state index contributed by atoms with van der Waals surface area (Å²) in [4.78, 5) is 12.0. The molecular formula is C20H25NO2. The molecule has 0 radical (unpaired) electrons. The lowest BCUT2D eigenvalue weighted by Gasteiger charge is -2.17. The number of nitrogens with one attached hydrogen (secondary N) is 1. The highest BCUT2D eigenvalue weighted by molar-refractivity contribution is 5.76. The minimum absolute atomic E-state index is 0.0261. The van der Waals surface area contributed by atoms with Crippen LogP contribution in [0.1, 0.15) is 42.5 Å². The lowest BCUT2D eigenvalue weighted by atomic mass is 10.0. The molecule has 2 aromatic rings. The number of amides is 1. The first-order chi connectivity index (χ1) is 11.1. The molecule has 2 aromatic carbocycles. The molecule has 0 spiro atoms. The van der Waals surface area contributed by atoms with Gasteiger partial charge in [0, 0.05) is 6.42 Å². The van der Waals surface area contributed by atoms with Crippen LogP contribution in [-0.4, -0.2) is 12.5 Å². The van der Waals surface area contributed by atoms with E-state index in [1.165, 1.54) is 16.7 Å². The molecule has 1 unspecified atom stereocenters. The third-order valence-electron chi connectivity index (χ3n) is 3.83. The molecule has 0 aliphatic rings. The molecule has 0 aliphatic heterocycles. The van der Waals surface area contributed by atoms with Crippen LogP contribution in [0, 0.1) is 13.8 Å². The van der Waals surface area contributed by atoms with Gasteiger partial charge in [-0.3, -0.25) is 4.79 Å². The molecule has 0 heterocycles. The Bertz CT molecular complexity index is 637. The quantitative estimate of drug-likeness (QED) is 0.772. The molecule has 0 bridgehead atoms. The highest BCUT2D eigenvalue weighted by atomic mass is 16.5. The minimum Gasteiger partial charge on any atom is -0.494 e. The Labute approximate surface area is 138 Å². The van der Waals surface area contributed by atoms with Gasteiger partial charge in [-0.05, 0) is 50.5 Å². The van der Waals surface area contributed by atoms with E-state index in [1.807, 2.05) is 37.3 Å². The predicted molar refractivity (Wildman–Crippen MR) is 93.6 cm³/mol. The molecule has 1 atom stereocenters. The van der Waals surface area contributed by atoms with E-state index >= 15 is 0 Å². The zero-order valence-electron chi connectivity index (χ0n) is 14.1. The molecule has 0 aromatic heterocycles. The third-order valence-corrected chi connectivity index (χ3v) is 3.83. The summed E-state index contributed by atoms with van der Waals surface area (Å²) in [6, 6.07) is 16.0. The molecule has 3 heteroatoms. The van der Waals surface area contributed by atoms with E-state index in [0.717, 1.165) is 5.75 Å². The van der Waals surface area contributed by atoms with Gasteiger partial charge in [0.15, 0.2) is 0 Å². The normalized spacial score (nSPS) is 11.8. The van der Waals surface area contributed by atoms with Crippen molar-refractivity contribution in [2.24, 2.45) is 0 Å². The number of carbonyl (C=O) groups is 1. The van der Waals surface area contributed by atoms with E-state index in [2.05, 4.69) is 37.4 Å². The van der Waals surface area contributed by atoms with Gasteiger partial charge in [-0.1, -0.05) is 42.0 Å². The third kappa shape index (κ3) is 5.44. The Kier molecular flexibility index (Phi) is 6.21. The van der Waals surface area contributed by atoms with Crippen molar-refractivity contribution in [3.63, 3.8) is 0 Å². The number of benzene rings is 2. The van der Waals surface area contributed by atoms with Crippen LogP contribution in [0.2, 0.25) is 0 Å². The maximum atomic E-state index is 12.0. The molecule has 0 fully saturated rings. The summed E-state index contributed by atoms with van der Waals surface area (Å²) in [5.74, 6) is 0.908. The van der Waals surface area contributed by atoms with Crippen LogP contribution < -0.4 is 10.1 Å². The van der Waals surface area contributed by atoms with Crippen molar-refractivity contribution in [1.82, 2.24) is 5.32 Å². The largest absolute Gasteiger partial charge is 0.494 e. The van der Waals surface area contributed by atoms with Gasteiger partial charge >= 0.3 is 0 Å². The van der Waals surface area contributed by atoms with Crippen molar-refractivity contribution in [3.8, 4) is 5.75 Å². The van der Waals surface area contributed by atoms with Gasteiger partial charge in [-0.25, -0.2) is 0 Å². The average Bonchev–Trinajstić information content (AvgIpc) is 2.52. The number of ether oxygens (including phenoxy) is 1. The number of hydrogen-bond acceptors (Lipinski definition) is 2.